The van der Waals surface area contributed by atoms with Gasteiger partial charge in [-0.25, -0.2) is 0 Å². The second-order valence-electron chi connectivity index (χ2n) is 12.9. The highest BCUT2D eigenvalue weighted by Crippen LogP contribution is 2.46. The molecule has 0 saturated carbocycles. The molecule has 228 valence electrons. The number of rotatable bonds is 3. The van der Waals surface area contributed by atoms with E-state index in [2.05, 4.69) is 156 Å². The van der Waals surface area contributed by atoms with Crippen molar-refractivity contribution < 1.29 is 8.83 Å². The molecular formula is C46H27NO2. The Balaban J connectivity index is 1.18. The quantitative estimate of drug-likeness (QED) is 0.183. The Labute approximate surface area is 280 Å². The fourth-order valence-electron chi connectivity index (χ4n) is 8.15. The van der Waals surface area contributed by atoms with Gasteiger partial charge in [-0.3, -0.25) is 0 Å². The molecular weight excluding hydrogens is 599 g/mol. The number of furan rings is 2. The maximum Gasteiger partial charge on any atom is 0.178 e. The Bertz CT molecular complexity index is 3050. The van der Waals surface area contributed by atoms with Gasteiger partial charge in [0.15, 0.2) is 11.2 Å². The van der Waals surface area contributed by atoms with Gasteiger partial charge in [0.05, 0.1) is 17.3 Å². The van der Waals surface area contributed by atoms with Crippen molar-refractivity contribution in [2.45, 2.75) is 0 Å². The van der Waals surface area contributed by atoms with Crippen LogP contribution in [0.25, 0.3) is 104 Å². The van der Waals surface area contributed by atoms with Crippen LogP contribution in [0, 0.1) is 0 Å². The highest BCUT2D eigenvalue weighted by Gasteiger charge is 2.20. The Hall–Kier alpha value is -6.58. The third-order valence-electron chi connectivity index (χ3n) is 10.3. The van der Waals surface area contributed by atoms with Crippen LogP contribution in [0.3, 0.4) is 0 Å². The SMILES string of the molecule is c1ccc(-n2c3ccccc3c3cc(-c4c5ccccc5c(-c5ccc6c(c5)oc5c6ccc6ccoc65)c5ccccc45)ccc32)cc1. The van der Waals surface area contributed by atoms with Crippen LogP contribution in [0.5, 0.6) is 0 Å². The Morgan fingerprint density at radius 2 is 0.980 bits per heavy atom. The second-order valence-corrected chi connectivity index (χ2v) is 12.9. The molecule has 3 heterocycles. The van der Waals surface area contributed by atoms with Crippen LogP contribution in [0.2, 0.25) is 0 Å². The van der Waals surface area contributed by atoms with E-state index in [-0.39, 0.29) is 0 Å². The summed E-state index contributed by atoms with van der Waals surface area (Å²) in [6.45, 7) is 0. The lowest BCUT2D eigenvalue weighted by Crippen LogP contribution is -1.93. The standard InChI is InChI=1S/C46H27NO2/c1-2-10-31(11-3-1)47-40-17-9-8-12-32(40)39-26-29(20-23-41(39)47)43-34-13-4-6-15-36(34)44(37-16-7-5-14-35(37)43)30-19-21-33-38-22-18-28-24-25-48-45(28)46(38)49-42(33)27-30/h1-27H. The molecule has 0 bridgehead atoms. The summed E-state index contributed by atoms with van der Waals surface area (Å²) in [7, 11) is 0. The third-order valence-corrected chi connectivity index (χ3v) is 10.3. The summed E-state index contributed by atoms with van der Waals surface area (Å²) < 4.78 is 14.7. The Morgan fingerprint density at radius 1 is 0.388 bits per heavy atom. The first kappa shape index (κ1) is 26.5. The van der Waals surface area contributed by atoms with Crippen molar-refractivity contribution in [1.82, 2.24) is 4.57 Å². The Kier molecular flexibility index (Phi) is 5.38. The smallest absolute Gasteiger partial charge is 0.178 e. The molecule has 0 fully saturated rings. The molecule has 0 aliphatic rings. The Morgan fingerprint density at radius 3 is 1.71 bits per heavy atom. The predicted molar refractivity (Wildman–Crippen MR) is 204 cm³/mol. The minimum Gasteiger partial charge on any atom is -0.460 e. The van der Waals surface area contributed by atoms with E-state index in [1.54, 1.807) is 6.26 Å². The second kappa shape index (κ2) is 9.96. The molecule has 0 saturated heterocycles. The largest absolute Gasteiger partial charge is 0.460 e. The lowest BCUT2D eigenvalue weighted by atomic mass is 9.85. The van der Waals surface area contributed by atoms with E-state index >= 15 is 0 Å². The molecule has 3 aromatic heterocycles. The number of hydrogen-bond acceptors (Lipinski definition) is 2. The average molecular weight is 626 g/mol. The number of hydrogen-bond donors (Lipinski definition) is 0. The van der Waals surface area contributed by atoms with Crippen molar-refractivity contribution in [2.75, 3.05) is 0 Å². The monoisotopic (exact) mass is 625 g/mol. The molecule has 0 amide bonds. The number of benzene rings is 8. The number of para-hydroxylation sites is 2. The molecule has 3 heteroatoms. The minimum absolute atomic E-state index is 0.791. The maximum absolute atomic E-state index is 6.52. The van der Waals surface area contributed by atoms with Crippen molar-refractivity contribution >= 4 is 76.3 Å². The van der Waals surface area contributed by atoms with E-state index < -0.39 is 0 Å². The molecule has 0 aliphatic heterocycles. The van der Waals surface area contributed by atoms with Crippen molar-refractivity contribution in [2.24, 2.45) is 0 Å². The summed E-state index contributed by atoms with van der Waals surface area (Å²) in [6, 6.07) is 56.8. The van der Waals surface area contributed by atoms with Crippen LogP contribution >= 0.6 is 0 Å². The number of nitrogens with zero attached hydrogens (tertiary/aromatic N) is 1. The van der Waals surface area contributed by atoms with Gasteiger partial charge in [0.2, 0.25) is 0 Å². The molecule has 0 radical (unpaired) electrons. The zero-order chi connectivity index (χ0) is 32.1. The molecule has 3 nitrogen and oxygen atoms in total. The molecule has 8 aromatic carbocycles. The molecule has 49 heavy (non-hydrogen) atoms. The molecule has 0 spiro atoms. The molecule has 11 rings (SSSR count). The van der Waals surface area contributed by atoms with E-state index in [0.29, 0.717) is 0 Å². The van der Waals surface area contributed by atoms with E-state index in [1.165, 1.54) is 60.0 Å². The molecule has 11 aromatic rings. The van der Waals surface area contributed by atoms with E-state index in [9.17, 15) is 0 Å². The highest BCUT2D eigenvalue weighted by molar-refractivity contribution is 6.23. The summed E-state index contributed by atoms with van der Waals surface area (Å²) in [5.74, 6) is 0. The topological polar surface area (TPSA) is 31.2 Å². The van der Waals surface area contributed by atoms with Gasteiger partial charge in [0.25, 0.3) is 0 Å². The van der Waals surface area contributed by atoms with Crippen molar-refractivity contribution in [3.8, 4) is 27.9 Å². The van der Waals surface area contributed by atoms with Gasteiger partial charge in [0, 0.05) is 32.6 Å². The van der Waals surface area contributed by atoms with Crippen LogP contribution in [0.15, 0.2) is 173 Å². The average Bonchev–Trinajstić information content (AvgIpc) is 3.87. The van der Waals surface area contributed by atoms with Crippen LogP contribution in [0.4, 0.5) is 0 Å². The van der Waals surface area contributed by atoms with Gasteiger partial charge >= 0.3 is 0 Å². The number of aromatic nitrogens is 1. The lowest BCUT2D eigenvalue weighted by Gasteiger charge is -2.18. The van der Waals surface area contributed by atoms with Gasteiger partial charge in [0.1, 0.15) is 5.58 Å². The summed E-state index contributed by atoms with van der Waals surface area (Å²) in [6.07, 6.45) is 1.72. The first-order valence-corrected chi connectivity index (χ1v) is 16.7. The first-order valence-electron chi connectivity index (χ1n) is 16.7. The van der Waals surface area contributed by atoms with Crippen LogP contribution < -0.4 is 0 Å². The van der Waals surface area contributed by atoms with Crippen molar-refractivity contribution in [3.05, 3.63) is 164 Å². The molecule has 0 aliphatic carbocycles. The fourth-order valence-corrected chi connectivity index (χ4v) is 8.15. The van der Waals surface area contributed by atoms with E-state index in [0.717, 1.165) is 44.2 Å². The van der Waals surface area contributed by atoms with Gasteiger partial charge in [-0.15, -0.1) is 0 Å². The zero-order valence-electron chi connectivity index (χ0n) is 26.4. The summed E-state index contributed by atoms with van der Waals surface area (Å²) in [5.41, 5.74) is 10.8. The molecule has 0 N–H and O–H groups in total. The minimum atomic E-state index is 0.791. The van der Waals surface area contributed by atoms with Gasteiger partial charge in [-0.1, -0.05) is 103 Å². The van der Waals surface area contributed by atoms with Crippen molar-refractivity contribution in [1.29, 1.82) is 0 Å². The van der Waals surface area contributed by atoms with Gasteiger partial charge in [-0.05, 0) is 98.4 Å². The maximum atomic E-state index is 6.52. The van der Waals surface area contributed by atoms with E-state index in [4.69, 9.17) is 8.83 Å². The highest BCUT2D eigenvalue weighted by atomic mass is 16.4. The van der Waals surface area contributed by atoms with E-state index in [1.807, 2.05) is 6.07 Å². The normalized spacial score (nSPS) is 12.1. The third kappa shape index (κ3) is 3.73. The van der Waals surface area contributed by atoms with Crippen LogP contribution in [-0.4, -0.2) is 4.57 Å². The molecule has 0 unspecified atom stereocenters. The summed E-state index contributed by atoms with van der Waals surface area (Å²) in [5, 5.41) is 10.6. The zero-order valence-corrected chi connectivity index (χ0v) is 26.4. The summed E-state index contributed by atoms with van der Waals surface area (Å²) >= 11 is 0. The fraction of sp³-hybridized carbons (Fsp3) is 0. The van der Waals surface area contributed by atoms with Crippen LogP contribution in [0.1, 0.15) is 0 Å². The van der Waals surface area contributed by atoms with Crippen molar-refractivity contribution in [3.63, 3.8) is 0 Å². The van der Waals surface area contributed by atoms with Crippen LogP contribution in [-0.2, 0) is 0 Å². The molecule has 0 atom stereocenters. The number of fused-ring (bicyclic) bond motifs is 10. The van der Waals surface area contributed by atoms with Gasteiger partial charge < -0.3 is 13.4 Å². The predicted octanol–water partition coefficient (Wildman–Crippen LogP) is 13.1. The lowest BCUT2D eigenvalue weighted by molar-refractivity contribution is 0.600. The summed E-state index contributed by atoms with van der Waals surface area (Å²) in [4.78, 5) is 0. The van der Waals surface area contributed by atoms with Gasteiger partial charge in [-0.2, -0.15) is 0 Å². The first-order chi connectivity index (χ1) is 24.3.